The Hall–Kier alpha value is -0.550. The molecule has 0 bridgehead atoms. The number of hydrogen-bond acceptors (Lipinski definition) is 2. The van der Waals surface area contributed by atoms with Gasteiger partial charge in [0.2, 0.25) is 0 Å². The molecule has 0 aliphatic carbocycles. The number of hydrogen-bond donors (Lipinski definition) is 2. The zero-order chi connectivity index (χ0) is 11.3. The van der Waals surface area contributed by atoms with Crippen LogP contribution in [-0.2, 0) is 6.54 Å². The largest absolute Gasteiger partial charge is 0.370 e. The van der Waals surface area contributed by atoms with Crippen molar-refractivity contribution in [3.05, 3.63) is 20.8 Å². The van der Waals surface area contributed by atoms with Gasteiger partial charge in [-0.25, -0.2) is 4.99 Å². The highest BCUT2D eigenvalue weighted by atomic mass is 79.9. The first-order chi connectivity index (χ1) is 7.11. The summed E-state index contributed by atoms with van der Waals surface area (Å²) in [6, 6.07) is 2.44. The SMILES string of the molecule is CCC(C)NC(N)=NCc1cc(Br)cs1. The predicted octanol–water partition coefficient (Wildman–Crippen LogP) is 2.71. The number of nitrogens with one attached hydrogen (secondary N) is 1. The minimum absolute atomic E-state index is 0.379. The van der Waals surface area contributed by atoms with E-state index in [0.717, 1.165) is 10.9 Å². The highest BCUT2D eigenvalue weighted by molar-refractivity contribution is 9.10. The van der Waals surface area contributed by atoms with Gasteiger partial charge in [0.25, 0.3) is 0 Å². The molecule has 1 aromatic heterocycles. The lowest BCUT2D eigenvalue weighted by atomic mass is 10.3. The molecule has 0 amide bonds. The molecular weight excluding hydrogens is 274 g/mol. The van der Waals surface area contributed by atoms with Gasteiger partial charge in [0, 0.05) is 20.8 Å². The molecule has 1 aromatic rings. The number of guanidine groups is 1. The van der Waals surface area contributed by atoms with Crippen LogP contribution in [0.2, 0.25) is 0 Å². The molecule has 0 spiro atoms. The van der Waals surface area contributed by atoms with E-state index in [0.29, 0.717) is 18.5 Å². The first kappa shape index (κ1) is 12.5. The number of halogens is 1. The molecule has 1 rings (SSSR count). The average molecular weight is 290 g/mol. The van der Waals surface area contributed by atoms with Gasteiger partial charge in [0.05, 0.1) is 6.54 Å². The summed E-state index contributed by atoms with van der Waals surface area (Å²) < 4.78 is 1.10. The van der Waals surface area contributed by atoms with Crippen LogP contribution in [0.4, 0.5) is 0 Å². The van der Waals surface area contributed by atoms with Gasteiger partial charge in [0.15, 0.2) is 5.96 Å². The predicted molar refractivity (Wildman–Crippen MR) is 70.2 cm³/mol. The fraction of sp³-hybridized carbons (Fsp3) is 0.500. The number of nitrogens with zero attached hydrogens (tertiary/aromatic N) is 1. The van der Waals surface area contributed by atoms with Crippen molar-refractivity contribution >= 4 is 33.2 Å². The van der Waals surface area contributed by atoms with Gasteiger partial charge in [-0.15, -0.1) is 11.3 Å². The Balaban J connectivity index is 2.43. The van der Waals surface area contributed by atoms with Gasteiger partial charge in [-0.05, 0) is 35.3 Å². The molecule has 3 nitrogen and oxygen atoms in total. The van der Waals surface area contributed by atoms with E-state index in [4.69, 9.17) is 5.73 Å². The summed E-state index contributed by atoms with van der Waals surface area (Å²) in [7, 11) is 0. The molecule has 84 valence electrons. The second kappa shape index (κ2) is 6.12. The summed E-state index contributed by atoms with van der Waals surface area (Å²) in [5, 5.41) is 5.17. The normalized spacial score (nSPS) is 13.9. The van der Waals surface area contributed by atoms with E-state index >= 15 is 0 Å². The third-order valence-electron chi connectivity index (χ3n) is 2.03. The summed E-state index contributed by atoms with van der Waals surface area (Å²) in [4.78, 5) is 5.47. The molecule has 0 aliphatic rings. The van der Waals surface area contributed by atoms with Crippen LogP contribution in [0.25, 0.3) is 0 Å². The van der Waals surface area contributed by atoms with Crippen molar-refractivity contribution in [2.75, 3.05) is 0 Å². The summed E-state index contributed by atoms with van der Waals surface area (Å²) >= 11 is 5.08. The quantitative estimate of drug-likeness (QED) is 0.661. The van der Waals surface area contributed by atoms with Crippen LogP contribution in [0.15, 0.2) is 20.9 Å². The van der Waals surface area contributed by atoms with Crippen LogP contribution < -0.4 is 11.1 Å². The van der Waals surface area contributed by atoms with E-state index in [-0.39, 0.29) is 0 Å². The number of aliphatic imine (C=N–C) groups is 1. The highest BCUT2D eigenvalue weighted by Gasteiger charge is 2.00. The molecule has 0 fully saturated rings. The van der Waals surface area contributed by atoms with Crippen molar-refractivity contribution in [2.24, 2.45) is 10.7 Å². The van der Waals surface area contributed by atoms with Crippen LogP contribution in [0.1, 0.15) is 25.1 Å². The molecule has 0 aromatic carbocycles. The lowest BCUT2D eigenvalue weighted by Gasteiger charge is -2.11. The van der Waals surface area contributed by atoms with Crippen LogP contribution in [-0.4, -0.2) is 12.0 Å². The van der Waals surface area contributed by atoms with Crippen molar-refractivity contribution in [3.63, 3.8) is 0 Å². The van der Waals surface area contributed by atoms with Gasteiger partial charge in [0.1, 0.15) is 0 Å². The van der Waals surface area contributed by atoms with Gasteiger partial charge in [-0.3, -0.25) is 0 Å². The minimum atomic E-state index is 0.379. The van der Waals surface area contributed by atoms with Crippen molar-refractivity contribution in [3.8, 4) is 0 Å². The number of nitrogens with two attached hydrogens (primary N) is 1. The maximum Gasteiger partial charge on any atom is 0.189 e. The molecule has 0 radical (unpaired) electrons. The first-order valence-corrected chi connectivity index (χ1v) is 6.58. The summed E-state index contributed by atoms with van der Waals surface area (Å²) in [5.74, 6) is 0.522. The Labute approximate surface area is 103 Å². The van der Waals surface area contributed by atoms with E-state index in [9.17, 15) is 0 Å². The molecular formula is C10H16BrN3S. The van der Waals surface area contributed by atoms with Crippen molar-refractivity contribution in [1.29, 1.82) is 0 Å². The molecule has 0 saturated carbocycles. The zero-order valence-corrected chi connectivity index (χ0v) is 11.4. The van der Waals surface area contributed by atoms with Crippen LogP contribution in [0.5, 0.6) is 0 Å². The molecule has 1 unspecified atom stereocenters. The lowest BCUT2D eigenvalue weighted by molar-refractivity contribution is 0.636. The topological polar surface area (TPSA) is 50.4 Å². The molecule has 15 heavy (non-hydrogen) atoms. The molecule has 1 atom stereocenters. The molecule has 0 saturated heterocycles. The summed E-state index contributed by atoms with van der Waals surface area (Å²) in [6.45, 7) is 4.84. The molecule has 3 N–H and O–H groups in total. The third-order valence-corrected chi connectivity index (χ3v) is 3.72. The Kier molecular flexibility index (Phi) is 5.11. The Morgan fingerprint density at radius 3 is 3.00 bits per heavy atom. The highest BCUT2D eigenvalue weighted by Crippen LogP contribution is 2.20. The number of thiophene rings is 1. The van der Waals surface area contributed by atoms with Crippen molar-refractivity contribution < 1.29 is 0 Å². The summed E-state index contributed by atoms with van der Waals surface area (Å²) in [6.07, 6.45) is 1.04. The first-order valence-electron chi connectivity index (χ1n) is 4.91. The van der Waals surface area contributed by atoms with Gasteiger partial charge in [-0.2, -0.15) is 0 Å². The van der Waals surface area contributed by atoms with Crippen molar-refractivity contribution in [1.82, 2.24) is 5.32 Å². The van der Waals surface area contributed by atoms with E-state index in [1.54, 1.807) is 11.3 Å². The Morgan fingerprint density at radius 1 is 1.73 bits per heavy atom. The van der Waals surface area contributed by atoms with Crippen LogP contribution in [0.3, 0.4) is 0 Å². The molecule has 5 heteroatoms. The lowest BCUT2D eigenvalue weighted by Crippen LogP contribution is -2.37. The van der Waals surface area contributed by atoms with Crippen LogP contribution in [0, 0.1) is 0 Å². The van der Waals surface area contributed by atoms with Gasteiger partial charge >= 0.3 is 0 Å². The van der Waals surface area contributed by atoms with Crippen LogP contribution >= 0.6 is 27.3 Å². The van der Waals surface area contributed by atoms with Gasteiger partial charge < -0.3 is 11.1 Å². The molecule has 1 heterocycles. The number of rotatable bonds is 4. The van der Waals surface area contributed by atoms with Crippen molar-refractivity contribution in [2.45, 2.75) is 32.9 Å². The Bertz CT molecular complexity index is 335. The maximum absolute atomic E-state index is 5.74. The van der Waals surface area contributed by atoms with E-state index in [1.165, 1.54) is 4.88 Å². The fourth-order valence-electron chi connectivity index (χ4n) is 1.000. The third kappa shape index (κ3) is 4.66. The van der Waals surface area contributed by atoms with Gasteiger partial charge in [-0.1, -0.05) is 6.92 Å². The standard InChI is InChI=1S/C10H16BrN3S/c1-3-7(2)14-10(12)13-5-9-4-8(11)6-15-9/h4,6-7H,3,5H2,1-2H3,(H3,12,13,14). The van der Waals surface area contributed by atoms with E-state index < -0.39 is 0 Å². The minimum Gasteiger partial charge on any atom is -0.370 e. The second-order valence-corrected chi connectivity index (χ2v) is 5.30. The second-order valence-electron chi connectivity index (χ2n) is 3.39. The van der Waals surface area contributed by atoms with E-state index in [2.05, 4.69) is 46.2 Å². The molecule has 0 aliphatic heterocycles. The zero-order valence-electron chi connectivity index (χ0n) is 8.96. The Morgan fingerprint density at radius 2 is 2.47 bits per heavy atom. The average Bonchev–Trinajstić information content (AvgIpc) is 2.61. The van der Waals surface area contributed by atoms with E-state index in [1.807, 2.05) is 5.38 Å². The summed E-state index contributed by atoms with van der Waals surface area (Å²) in [5.41, 5.74) is 5.74. The smallest absolute Gasteiger partial charge is 0.189 e. The fourth-order valence-corrected chi connectivity index (χ4v) is 2.37. The monoisotopic (exact) mass is 289 g/mol. The maximum atomic E-state index is 5.74.